The molecule has 5 aromatic heterocycles. The van der Waals surface area contributed by atoms with Gasteiger partial charge in [-0.25, -0.2) is 14.0 Å². The molecule has 164 valence electrons. The number of imidazole rings is 1. The van der Waals surface area contributed by atoms with Gasteiger partial charge in [0, 0.05) is 31.1 Å². The van der Waals surface area contributed by atoms with E-state index >= 15 is 0 Å². The maximum Gasteiger partial charge on any atom is 0.258 e. The van der Waals surface area contributed by atoms with Gasteiger partial charge in [-0.15, -0.1) is 0 Å². The Kier molecular flexibility index (Phi) is 3.96. The number of fused-ring (bicyclic) bond motifs is 3. The lowest BCUT2D eigenvalue weighted by atomic mass is 9.98. The van der Waals surface area contributed by atoms with E-state index in [0.29, 0.717) is 29.5 Å². The third-order valence-electron chi connectivity index (χ3n) is 6.75. The zero-order valence-electron chi connectivity index (χ0n) is 17.6. The van der Waals surface area contributed by atoms with Crippen molar-refractivity contribution < 1.29 is 4.79 Å². The monoisotopic (exact) mass is 457 g/mol. The number of carbonyl (C=O) groups excluding carboxylic acids is 1. The molecule has 0 aromatic carbocycles. The smallest absolute Gasteiger partial charge is 0.258 e. The van der Waals surface area contributed by atoms with Gasteiger partial charge in [0.15, 0.2) is 0 Å². The molecule has 2 aliphatic rings. The highest BCUT2D eigenvalue weighted by Gasteiger charge is 2.37. The average molecular weight is 458 g/mol. The van der Waals surface area contributed by atoms with Gasteiger partial charge in [0.2, 0.25) is 0 Å². The van der Waals surface area contributed by atoms with Crippen LogP contribution in [0.25, 0.3) is 11.0 Å². The topological polar surface area (TPSA) is 83.6 Å². The van der Waals surface area contributed by atoms with Gasteiger partial charge in [-0.2, -0.15) is 10.2 Å². The number of aromatic nitrogens is 6. The number of hydrogen-bond donors (Lipinski definition) is 1. The van der Waals surface area contributed by atoms with Crippen molar-refractivity contribution in [3.8, 4) is 0 Å². The fraction of sp³-hybridized carbons (Fsp3) is 0.250. The van der Waals surface area contributed by atoms with Crippen LogP contribution in [0.15, 0.2) is 55.2 Å². The lowest BCUT2D eigenvalue weighted by molar-refractivity contribution is 0.0689. The quantitative estimate of drug-likeness (QED) is 0.443. The minimum Gasteiger partial charge on any atom is -0.348 e. The molecule has 1 saturated carbocycles. The fourth-order valence-electron chi connectivity index (χ4n) is 4.91. The molecule has 33 heavy (non-hydrogen) atoms. The van der Waals surface area contributed by atoms with Crippen LogP contribution in [0, 0.1) is 0 Å². The number of pyridine rings is 2. The second kappa shape index (κ2) is 6.92. The van der Waals surface area contributed by atoms with E-state index in [2.05, 4.69) is 21.1 Å². The number of nitrogens with one attached hydrogen (secondary N) is 1. The Hall–Kier alpha value is -3.65. The summed E-state index contributed by atoms with van der Waals surface area (Å²) in [6.07, 6.45) is 10.4. The van der Waals surface area contributed by atoms with E-state index in [0.717, 1.165) is 28.1 Å². The van der Waals surface area contributed by atoms with Gasteiger partial charge in [-0.1, -0.05) is 17.7 Å². The minimum atomic E-state index is -0.413. The Balaban J connectivity index is 1.33. The molecule has 1 fully saturated rings. The molecule has 1 atom stereocenters. The van der Waals surface area contributed by atoms with Crippen molar-refractivity contribution in [3.63, 3.8) is 0 Å². The summed E-state index contributed by atoms with van der Waals surface area (Å²) in [5.41, 5.74) is 6.06. The molecule has 0 radical (unpaired) electrons. The van der Waals surface area contributed by atoms with Crippen LogP contribution in [-0.2, 0) is 6.42 Å². The number of rotatable bonds is 3. The van der Waals surface area contributed by atoms with E-state index in [9.17, 15) is 4.79 Å². The molecule has 1 amide bonds. The van der Waals surface area contributed by atoms with Crippen molar-refractivity contribution >= 4 is 28.5 Å². The normalized spacial score (nSPS) is 18.2. The third-order valence-corrected chi connectivity index (χ3v) is 7.07. The molecule has 8 nitrogen and oxygen atoms in total. The molecular formula is C24H20ClN7O. The average Bonchev–Trinajstić information content (AvgIpc) is 3.22. The summed E-state index contributed by atoms with van der Waals surface area (Å²) in [6, 6.07) is 9.34. The Bertz CT molecular complexity index is 1540. The molecule has 1 aliphatic heterocycles. The molecular weight excluding hydrogens is 438 g/mol. The molecule has 7 rings (SSSR count). The number of nitrogens with zero attached hydrogens (tertiary/aromatic N) is 6. The number of amides is 1. The van der Waals surface area contributed by atoms with Crippen LogP contribution in [0.2, 0.25) is 5.02 Å². The molecule has 1 N–H and O–H groups in total. The van der Waals surface area contributed by atoms with Crippen molar-refractivity contribution in [2.45, 2.75) is 31.2 Å². The first-order valence-corrected chi connectivity index (χ1v) is 11.5. The number of hydrogen-bond acceptors (Lipinski definition) is 4. The summed E-state index contributed by atoms with van der Waals surface area (Å²) >= 11 is 6.40. The summed E-state index contributed by atoms with van der Waals surface area (Å²) in [5.74, 6) is 0.551. The van der Waals surface area contributed by atoms with Crippen molar-refractivity contribution in [3.05, 3.63) is 88.5 Å². The van der Waals surface area contributed by atoms with Crippen molar-refractivity contribution in [1.82, 2.24) is 34.1 Å². The molecule has 0 bridgehead atoms. The number of aromatic amines is 1. The summed E-state index contributed by atoms with van der Waals surface area (Å²) in [6.45, 7) is 0.553. The Morgan fingerprint density at radius 1 is 1.15 bits per heavy atom. The predicted molar refractivity (Wildman–Crippen MR) is 123 cm³/mol. The van der Waals surface area contributed by atoms with E-state index < -0.39 is 6.04 Å². The van der Waals surface area contributed by atoms with Gasteiger partial charge < -0.3 is 9.88 Å². The highest BCUT2D eigenvalue weighted by Crippen LogP contribution is 2.40. The Labute approximate surface area is 193 Å². The van der Waals surface area contributed by atoms with Gasteiger partial charge in [0.25, 0.3) is 5.91 Å². The molecule has 0 spiro atoms. The van der Waals surface area contributed by atoms with Crippen LogP contribution in [-0.4, -0.2) is 46.5 Å². The van der Waals surface area contributed by atoms with Gasteiger partial charge >= 0.3 is 0 Å². The minimum absolute atomic E-state index is 0.0778. The first-order valence-electron chi connectivity index (χ1n) is 11.1. The SMILES string of the molecule is O=C(c1cnn2cc(C3CC3)ccc12)N1CCc2[nH]cnc2[C@@H]1c1cc2c(Cl)cccn2n1. The van der Waals surface area contributed by atoms with Crippen LogP contribution in [0.1, 0.15) is 57.8 Å². The molecule has 1 aliphatic carbocycles. The fourth-order valence-corrected chi connectivity index (χ4v) is 5.12. The molecule has 6 heterocycles. The first-order chi connectivity index (χ1) is 16.2. The summed E-state index contributed by atoms with van der Waals surface area (Å²) in [7, 11) is 0. The maximum atomic E-state index is 13.9. The molecule has 0 unspecified atom stereocenters. The first kappa shape index (κ1) is 18.9. The van der Waals surface area contributed by atoms with E-state index in [4.69, 9.17) is 16.7 Å². The Morgan fingerprint density at radius 2 is 2.06 bits per heavy atom. The van der Waals surface area contributed by atoms with Crippen molar-refractivity contribution in [2.24, 2.45) is 0 Å². The van der Waals surface area contributed by atoms with Crippen LogP contribution >= 0.6 is 11.6 Å². The second-order valence-electron chi connectivity index (χ2n) is 8.80. The van der Waals surface area contributed by atoms with E-state index in [1.807, 2.05) is 46.1 Å². The highest BCUT2D eigenvalue weighted by molar-refractivity contribution is 6.33. The lowest BCUT2D eigenvalue weighted by Gasteiger charge is -2.33. The van der Waals surface area contributed by atoms with Crippen molar-refractivity contribution in [1.29, 1.82) is 0 Å². The standard InChI is InChI=1S/C24H20ClN7O/c25-17-2-1-8-31-21(17)10-19(29-31)23-22-18(26-13-27-22)7-9-30(23)24(33)16-11-28-32-12-15(14-3-4-14)5-6-20(16)32/h1-2,5-6,8,10-14,23H,3-4,7,9H2,(H,26,27)/t23-/m0/s1. The van der Waals surface area contributed by atoms with Crippen LogP contribution in [0.4, 0.5) is 0 Å². The summed E-state index contributed by atoms with van der Waals surface area (Å²) in [4.78, 5) is 23.5. The van der Waals surface area contributed by atoms with Gasteiger partial charge in [-0.3, -0.25) is 4.79 Å². The zero-order valence-corrected chi connectivity index (χ0v) is 18.4. The van der Waals surface area contributed by atoms with Gasteiger partial charge in [-0.05, 0) is 48.6 Å². The largest absolute Gasteiger partial charge is 0.348 e. The zero-order chi connectivity index (χ0) is 22.1. The maximum absolute atomic E-state index is 13.9. The highest BCUT2D eigenvalue weighted by atomic mass is 35.5. The summed E-state index contributed by atoms with van der Waals surface area (Å²) < 4.78 is 3.57. The third kappa shape index (κ3) is 2.90. The molecule has 9 heteroatoms. The molecule has 0 saturated heterocycles. The van der Waals surface area contributed by atoms with E-state index in [-0.39, 0.29) is 5.91 Å². The van der Waals surface area contributed by atoms with Crippen LogP contribution in [0.5, 0.6) is 0 Å². The van der Waals surface area contributed by atoms with Gasteiger partial charge in [0.05, 0.1) is 45.5 Å². The van der Waals surface area contributed by atoms with Crippen LogP contribution in [0.3, 0.4) is 0 Å². The van der Waals surface area contributed by atoms with Gasteiger partial charge in [0.1, 0.15) is 6.04 Å². The number of H-pyrrole nitrogens is 1. The van der Waals surface area contributed by atoms with E-state index in [1.165, 1.54) is 18.4 Å². The number of carbonyl (C=O) groups is 1. The summed E-state index contributed by atoms with van der Waals surface area (Å²) in [5, 5.41) is 9.86. The van der Waals surface area contributed by atoms with E-state index in [1.54, 1.807) is 17.0 Å². The number of halogens is 1. The molecule has 5 aromatic rings. The second-order valence-corrected chi connectivity index (χ2v) is 9.20. The van der Waals surface area contributed by atoms with Crippen molar-refractivity contribution in [2.75, 3.05) is 6.54 Å². The lowest BCUT2D eigenvalue weighted by Crippen LogP contribution is -2.41. The van der Waals surface area contributed by atoms with Crippen LogP contribution < -0.4 is 0 Å². The Morgan fingerprint density at radius 3 is 2.91 bits per heavy atom. The predicted octanol–water partition coefficient (Wildman–Crippen LogP) is 4.02.